The molecule has 9 nitrogen and oxygen atoms in total. The van der Waals surface area contributed by atoms with E-state index in [1.165, 1.54) is 14.1 Å². The third-order valence-electron chi connectivity index (χ3n) is 2.41. The number of rotatable bonds is 0. The average molecular weight is 358 g/mol. The fourth-order valence-corrected chi connectivity index (χ4v) is 1.66. The van der Waals surface area contributed by atoms with Gasteiger partial charge in [-0.3, -0.25) is 0 Å². The van der Waals surface area contributed by atoms with Gasteiger partial charge >= 0.3 is 22.5 Å². The molecule has 2 heterocycles. The van der Waals surface area contributed by atoms with Crippen LogP contribution >= 0.6 is 0 Å². The highest BCUT2D eigenvalue weighted by Crippen LogP contribution is 2.13. The van der Waals surface area contributed by atoms with Crippen molar-refractivity contribution in [1.82, 2.24) is 0 Å². The minimum atomic E-state index is -0.824. The molecule has 0 spiro atoms. The summed E-state index contributed by atoms with van der Waals surface area (Å²) in [7, 11) is 6.25. The van der Waals surface area contributed by atoms with Crippen molar-refractivity contribution in [1.29, 1.82) is 0 Å². The van der Waals surface area contributed by atoms with Crippen LogP contribution in [0, 0.1) is 0 Å². The first-order valence-corrected chi connectivity index (χ1v) is 6.26. The number of methoxy groups -OCH3 is 1. The minimum Gasteiger partial charge on any atom is -0.388 e. The molecule has 0 aliphatic carbocycles. The van der Waals surface area contributed by atoms with Crippen LogP contribution in [0.5, 0.6) is 0 Å². The normalized spacial score (nSPS) is 8.56. The molecule has 0 aliphatic heterocycles. The van der Waals surface area contributed by atoms with Crippen LogP contribution in [0.1, 0.15) is 14.9 Å². The molecule has 1 aromatic carbocycles. The minimum absolute atomic E-state index is 0. The van der Waals surface area contributed by atoms with Crippen molar-refractivity contribution in [2.75, 3.05) is 28.3 Å². The first kappa shape index (κ1) is 27.2. The number of hydrogen-bond acceptors (Lipinski definition) is 9. The molecule has 0 fully saturated rings. The smallest absolute Gasteiger partial charge is 0.346 e. The maximum Gasteiger partial charge on any atom is 0.346 e. The molecule has 3 rings (SSSR count). The van der Waals surface area contributed by atoms with E-state index in [-0.39, 0.29) is 36.4 Å². The van der Waals surface area contributed by atoms with Crippen molar-refractivity contribution in [2.24, 2.45) is 11.5 Å². The van der Waals surface area contributed by atoms with Gasteiger partial charge in [-0.1, -0.05) is 14.9 Å². The molecule has 0 radical (unpaired) electrons. The summed E-state index contributed by atoms with van der Waals surface area (Å²) >= 11 is 0. The molecule has 3 aromatic rings. The van der Waals surface area contributed by atoms with Crippen molar-refractivity contribution >= 4 is 21.5 Å². The van der Waals surface area contributed by atoms with E-state index in [2.05, 4.69) is 25.0 Å². The molecule has 9 heteroatoms. The van der Waals surface area contributed by atoms with Gasteiger partial charge in [0.15, 0.2) is 0 Å². The van der Waals surface area contributed by atoms with Crippen LogP contribution in [0.3, 0.4) is 0 Å². The Morgan fingerprint density at radius 1 is 0.640 bits per heavy atom. The lowest BCUT2D eigenvalue weighted by Crippen LogP contribution is -1.96. The van der Waals surface area contributed by atoms with Gasteiger partial charge in [0, 0.05) is 14.2 Å². The Morgan fingerprint density at radius 2 is 0.800 bits per heavy atom. The second-order valence-corrected chi connectivity index (χ2v) is 3.71. The van der Waals surface area contributed by atoms with Gasteiger partial charge in [0.25, 0.3) is 0 Å². The Bertz CT molecular complexity index is 800. The third kappa shape index (κ3) is 5.75. The number of fused-ring (bicyclic) bond motifs is 2. The van der Waals surface area contributed by atoms with Gasteiger partial charge in [0.2, 0.25) is 0 Å². The zero-order valence-electron chi connectivity index (χ0n) is 13.2. The van der Waals surface area contributed by atoms with Crippen LogP contribution in [0.25, 0.3) is 21.5 Å². The van der Waals surface area contributed by atoms with Gasteiger partial charge in [-0.15, -0.1) is 0 Å². The van der Waals surface area contributed by atoms with Crippen LogP contribution in [0.4, 0.5) is 0 Å². The highest BCUT2D eigenvalue weighted by molar-refractivity contribution is 5.96. The number of nitrogens with two attached hydrogens (primary N) is 2. The average Bonchev–Trinajstić information content (AvgIpc) is 3.00. The van der Waals surface area contributed by atoms with Crippen molar-refractivity contribution in [3.63, 3.8) is 0 Å². The SMILES string of the molecule is C.C.CN.CN.COC.O=c1oc(=O)c2cc3c(=O)oc(=O)c3cc12. The molecule has 0 saturated carbocycles. The maximum atomic E-state index is 11.2. The molecule has 25 heavy (non-hydrogen) atoms. The molecule has 4 N–H and O–H groups in total. The van der Waals surface area contributed by atoms with Crippen LogP contribution in [0.15, 0.2) is 40.1 Å². The summed E-state index contributed by atoms with van der Waals surface area (Å²) in [5.41, 5.74) is 5.70. The summed E-state index contributed by atoms with van der Waals surface area (Å²) in [5, 5.41) is -0.0726. The molecule has 0 amide bonds. The van der Waals surface area contributed by atoms with Crippen molar-refractivity contribution in [2.45, 2.75) is 14.9 Å². The van der Waals surface area contributed by atoms with E-state index in [1.54, 1.807) is 14.2 Å². The molecule has 2 aromatic heterocycles. The summed E-state index contributed by atoms with van der Waals surface area (Å²) in [6.07, 6.45) is 0. The van der Waals surface area contributed by atoms with E-state index < -0.39 is 22.5 Å². The summed E-state index contributed by atoms with van der Waals surface area (Å²) in [6.45, 7) is 0. The van der Waals surface area contributed by atoms with Gasteiger partial charge in [-0.2, -0.15) is 0 Å². The first-order chi connectivity index (χ1) is 11.0. The monoisotopic (exact) mass is 358 g/mol. The maximum absolute atomic E-state index is 11.2. The second kappa shape index (κ2) is 12.8. The Kier molecular flexibility index (Phi) is 13.9. The lowest BCUT2D eigenvalue weighted by atomic mass is 10.1. The van der Waals surface area contributed by atoms with E-state index in [9.17, 15) is 19.2 Å². The fraction of sp³-hybridized carbons (Fsp3) is 0.375. The van der Waals surface area contributed by atoms with E-state index in [1.807, 2.05) is 0 Å². The lowest BCUT2D eigenvalue weighted by molar-refractivity contribution is 0.277. The molecule has 142 valence electrons. The fourth-order valence-electron chi connectivity index (χ4n) is 1.66. The molecular formula is C16H26N2O7. The highest BCUT2D eigenvalue weighted by Gasteiger charge is 2.15. The van der Waals surface area contributed by atoms with E-state index in [0.29, 0.717) is 0 Å². The van der Waals surface area contributed by atoms with E-state index in [4.69, 9.17) is 0 Å². The molecule has 0 saturated heterocycles. The summed E-state index contributed by atoms with van der Waals surface area (Å²) < 4.78 is 12.9. The third-order valence-corrected chi connectivity index (χ3v) is 2.41. The molecule has 0 unspecified atom stereocenters. The van der Waals surface area contributed by atoms with E-state index in [0.717, 1.165) is 12.1 Å². The van der Waals surface area contributed by atoms with Crippen molar-refractivity contribution in [3.8, 4) is 0 Å². The number of furan rings is 2. The van der Waals surface area contributed by atoms with Gasteiger partial charge in [-0.05, 0) is 26.2 Å². The Balaban J connectivity index is -0.000000479. The van der Waals surface area contributed by atoms with E-state index >= 15 is 0 Å². The molecular weight excluding hydrogens is 332 g/mol. The molecule has 0 aliphatic rings. The topological polar surface area (TPSA) is 156 Å². The second-order valence-electron chi connectivity index (χ2n) is 3.71. The standard InChI is InChI=1S/C10H2O6.C2H6O.2CH5N.2CH4/c11-7-3-1-4-6(10(14)16-8(4)12)2-5(3)9(13)15-7;1-3-2;2*1-2;;/h1-2H;1-2H3;2*2H2,1H3;2*1H4. The zero-order chi connectivity index (χ0) is 18.2. The van der Waals surface area contributed by atoms with Crippen LogP contribution in [-0.2, 0) is 4.74 Å². The predicted octanol–water partition coefficient (Wildman–Crippen LogP) is 0.180. The number of ether oxygens (including phenoxy) is 1. The number of hydrogen-bond donors (Lipinski definition) is 2. The summed E-state index contributed by atoms with van der Waals surface area (Å²) in [5.74, 6) is 0. The number of benzene rings is 1. The zero-order valence-corrected chi connectivity index (χ0v) is 13.2. The first-order valence-electron chi connectivity index (χ1n) is 6.26. The lowest BCUT2D eigenvalue weighted by Gasteiger charge is -1.84. The van der Waals surface area contributed by atoms with Crippen molar-refractivity contribution in [3.05, 3.63) is 53.8 Å². The highest BCUT2D eigenvalue weighted by atomic mass is 16.5. The summed E-state index contributed by atoms with van der Waals surface area (Å²) in [6, 6.07) is 2.29. The summed E-state index contributed by atoms with van der Waals surface area (Å²) in [4.78, 5) is 44.7. The Morgan fingerprint density at radius 3 is 0.960 bits per heavy atom. The van der Waals surface area contributed by atoms with Gasteiger partial charge in [0.05, 0.1) is 21.5 Å². The van der Waals surface area contributed by atoms with Crippen LogP contribution < -0.4 is 34.0 Å². The van der Waals surface area contributed by atoms with Crippen LogP contribution in [-0.4, -0.2) is 28.3 Å². The molecule has 0 atom stereocenters. The van der Waals surface area contributed by atoms with Crippen molar-refractivity contribution < 1.29 is 13.6 Å². The van der Waals surface area contributed by atoms with Gasteiger partial charge in [-0.25, -0.2) is 19.2 Å². The Labute approximate surface area is 144 Å². The molecule has 0 bridgehead atoms. The van der Waals surface area contributed by atoms with Gasteiger partial charge in [0.1, 0.15) is 0 Å². The quantitative estimate of drug-likeness (QED) is 0.572. The van der Waals surface area contributed by atoms with Crippen LogP contribution in [0.2, 0.25) is 0 Å². The largest absolute Gasteiger partial charge is 0.388 e. The Hall–Kier alpha value is -2.62. The van der Waals surface area contributed by atoms with Gasteiger partial charge < -0.3 is 25.0 Å². The predicted molar refractivity (Wildman–Crippen MR) is 100 cm³/mol.